The predicted molar refractivity (Wildman–Crippen MR) is 77.7 cm³/mol. The van der Waals surface area contributed by atoms with Crippen LogP contribution in [0.2, 0.25) is 5.02 Å². The first-order chi connectivity index (χ1) is 9.61. The molecule has 1 aromatic rings. The molecule has 1 atom stereocenters. The fourth-order valence-corrected chi connectivity index (χ4v) is 3.65. The zero-order valence-electron chi connectivity index (χ0n) is 11.8. The largest absolute Gasteiger partial charge is 0.478 e. The average Bonchev–Trinajstić information content (AvgIpc) is 2.40. The second-order valence-electron chi connectivity index (χ2n) is 4.70. The molecule has 0 fully saturated rings. The van der Waals surface area contributed by atoms with Gasteiger partial charge >= 0.3 is 5.97 Å². The Kier molecular flexibility index (Phi) is 5.34. The van der Waals surface area contributed by atoms with Gasteiger partial charge in [-0.2, -0.15) is 9.57 Å². The van der Waals surface area contributed by atoms with Crippen molar-refractivity contribution in [3.05, 3.63) is 28.3 Å². The first-order valence-electron chi connectivity index (χ1n) is 6.00. The van der Waals surface area contributed by atoms with Crippen LogP contribution in [0.25, 0.3) is 0 Å². The molecule has 6 nitrogen and oxygen atoms in total. The quantitative estimate of drug-likeness (QED) is 0.891. The minimum Gasteiger partial charge on any atom is -0.478 e. The van der Waals surface area contributed by atoms with Gasteiger partial charge in [0, 0.05) is 18.6 Å². The lowest BCUT2D eigenvalue weighted by atomic mass is 10.1. The molecule has 0 aliphatic rings. The number of carboxylic acids is 1. The molecule has 0 saturated heterocycles. The van der Waals surface area contributed by atoms with Crippen LogP contribution in [0.15, 0.2) is 17.0 Å². The Morgan fingerprint density at radius 3 is 2.57 bits per heavy atom. The summed E-state index contributed by atoms with van der Waals surface area (Å²) in [6.07, 6.45) is 0. The summed E-state index contributed by atoms with van der Waals surface area (Å²) in [7, 11) is -2.58. The van der Waals surface area contributed by atoms with E-state index < -0.39 is 21.9 Å². The molecule has 0 aromatic heterocycles. The molecule has 0 bridgehead atoms. The summed E-state index contributed by atoms with van der Waals surface area (Å²) < 4.78 is 26.0. The molecular weight excluding hydrogens is 316 g/mol. The monoisotopic (exact) mass is 330 g/mol. The van der Waals surface area contributed by atoms with Crippen LogP contribution in [-0.2, 0) is 10.0 Å². The smallest absolute Gasteiger partial charge is 0.336 e. The maximum atomic E-state index is 12.5. The first-order valence-corrected chi connectivity index (χ1v) is 7.82. The van der Waals surface area contributed by atoms with Gasteiger partial charge in [0.1, 0.15) is 0 Å². The molecule has 1 rings (SSSR count). The molecule has 8 heteroatoms. The van der Waals surface area contributed by atoms with Crippen LogP contribution in [0.1, 0.15) is 22.8 Å². The summed E-state index contributed by atoms with van der Waals surface area (Å²) >= 11 is 5.81. The van der Waals surface area contributed by atoms with Crippen LogP contribution in [0.5, 0.6) is 0 Å². The van der Waals surface area contributed by atoms with E-state index in [4.69, 9.17) is 22.0 Å². The van der Waals surface area contributed by atoms with E-state index in [1.54, 1.807) is 6.92 Å². The van der Waals surface area contributed by atoms with Gasteiger partial charge in [-0.05, 0) is 31.5 Å². The molecule has 0 amide bonds. The molecule has 0 aliphatic carbocycles. The summed E-state index contributed by atoms with van der Waals surface area (Å²) in [6.45, 7) is 3.01. The van der Waals surface area contributed by atoms with Gasteiger partial charge < -0.3 is 5.11 Å². The van der Waals surface area contributed by atoms with Crippen molar-refractivity contribution in [1.29, 1.82) is 5.26 Å². The number of benzene rings is 1. The number of halogens is 1. The summed E-state index contributed by atoms with van der Waals surface area (Å²) in [5.74, 6) is -1.73. The summed E-state index contributed by atoms with van der Waals surface area (Å²) in [5.41, 5.74) is -0.0498. The Labute approximate surface area is 128 Å². The Morgan fingerprint density at radius 2 is 2.10 bits per heavy atom. The molecule has 114 valence electrons. The number of carbonyl (C=O) groups is 1. The average molecular weight is 331 g/mol. The highest BCUT2D eigenvalue weighted by molar-refractivity contribution is 7.89. The number of carboxylic acid groups (broad SMARTS) is 1. The van der Waals surface area contributed by atoms with E-state index in [0.717, 1.165) is 4.31 Å². The minimum absolute atomic E-state index is 0.00713. The van der Waals surface area contributed by atoms with E-state index in [0.29, 0.717) is 0 Å². The Balaban J connectivity index is 3.39. The maximum absolute atomic E-state index is 12.5. The zero-order chi connectivity index (χ0) is 16.4. The van der Waals surface area contributed by atoms with Crippen LogP contribution in [0, 0.1) is 24.2 Å². The van der Waals surface area contributed by atoms with E-state index in [-0.39, 0.29) is 27.6 Å². The van der Waals surface area contributed by atoms with Gasteiger partial charge in [0.25, 0.3) is 0 Å². The van der Waals surface area contributed by atoms with Gasteiger partial charge in [-0.25, -0.2) is 13.2 Å². The van der Waals surface area contributed by atoms with Crippen LogP contribution in [0.4, 0.5) is 0 Å². The van der Waals surface area contributed by atoms with Gasteiger partial charge in [0.05, 0.1) is 22.4 Å². The van der Waals surface area contributed by atoms with Crippen LogP contribution < -0.4 is 0 Å². The van der Waals surface area contributed by atoms with Gasteiger partial charge in [0.2, 0.25) is 10.0 Å². The van der Waals surface area contributed by atoms with E-state index in [1.165, 1.54) is 26.1 Å². The first kappa shape index (κ1) is 17.4. The SMILES string of the molecule is Cc1c(C(=O)O)cc(Cl)cc1S(=O)(=O)N(C)CC(C)C#N. The van der Waals surface area contributed by atoms with Gasteiger partial charge in [0.15, 0.2) is 0 Å². The second-order valence-corrected chi connectivity index (χ2v) is 7.15. The number of aromatic carboxylic acids is 1. The molecule has 0 saturated carbocycles. The van der Waals surface area contributed by atoms with Gasteiger partial charge in [-0.15, -0.1) is 0 Å². The third kappa shape index (κ3) is 3.73. The molecule has 0 aliphatic heterocycles. The highest BCUT2D eigenvalue weighted by atomic mass is 35.5. The Morgan fingerprint density at radius 1 is 1.52 bits per heavy atom. The van der Waals surface area contributed by atoms with E-state index in [2.05, 4.69) is 0 Å². The van der Waals surface area contributed by atoms with Crippen LogP contribution in [-0.4, -0.2) is 37.4 Å². The maximum Gasteiger partial charge on any atom is 0.336 e. The van der Waals surface area contributed by atoms with Crippen molar-refractivity contribution in [2.75, 3.05) is 13.6 Å². The van der Waals surface area contributed by atoms with Crippen molar-refractivity contribution in [3.63, 3.8) is 0 Å². The fourth-order valence-electron chi connectivity index (χ4n) is 1.84. The summed E-state index contributed by atoms with van der Waals surface area (Å²) in [6, 6.07) is 4.37. The summed E-state index contributed by atoms with van der Waals surface area (Å²) in [4.78, 5) is 11.0. The van der Waals surface area contributed by atoms with Crippen molar-refractivity contribution < 1.29 is 18.3 Å². The number of rotatable bonds is 5. The standard InChI is InChI=1S/C13H15ClN2O4S/c1-8(6-15)7-16(3)21(19,20)12-5-10(14)4-11(9(12)2)13(17)18/h4-5,8H,7H2,1-3H3,(H,17,18). The topological polar surface area (TPSA) is 98.5 Å². The number of sulfonamides is 1. The molecule has 1 unspecified atom stereocenters. The van der Waals surface area contributed by atoms with E-state index >= 15 is 0 Å². The van der Waals surface area contributed by atoms with Crippen molar-refractivity contribution in [1.82, 2.24) is 4.31 Å². The van der Waals surface area contributed by atoms with Crippen molar-refractivity contribution in [3.8, 4) is 6.07 Å². The number of nitriles is 1. The normalized spacial score (nSPS) is 13.0. The van der Waals surface area contributed by atoms with Gasteiger partial charge in [-0.1, -0.05) is 11.6 Å². The lowest BCUT2D eigenvalue weighted by Gasteiger charge is -2.20. The van der Waals surface area contributed by atoms with Gasteiger partial charge in [-0.3, -0.25) is 0 Å². The lowest BCUT2D eigenvalue weighted by molar-refractivity contribution is 0.0696. The predicted octanol–water partition coefficient (Wildman–Crippen LogP) is 2.13. The third-order valence-corrected chi connectivity index (χ3v) is 5.16. The van der Waals surface area contributed by atoms with Crippen molar-refractivity contribution >= 4 is 27.6 Å². The Bertz CT molecular complexity index is 710. The molecule has 0 heterocycles. The highest BCUT2D eigenvalue weighted by Crippen LogP contribution is 2.27. The van der Waals surface area contributed by atoms with Crippen LogP contribution in [0.3, 0.4) is 0 Å². The fraction of sp³-hybridized carbons (Fsp3) is 0.385. The highest BCUT2D eigenvalue weighted by Gasteiger charge is 2.27. The molecular formula is C13H15ClN2O4S. The van der Waals surface area contributed by atoms with Crippen molar-refractivity contribution in [2.45, 2.75) is 18.7 Å². The minimum atomic E-state index is -3.92. The summed E-state index contributed by atoms with van der Waals surface area (Å²) in [5, 5.41) is 17.9. The van der Waals surface area contributed by atoms with E-state index in [9.17, 15) is 13.2 Å². The van der Waals surface area contributed by atoms with Crippen molar-refractivity contribution in [2.24, 2.45) is 5.92 Å². The number of nitrogens with zero attached hydrogens (tertiary/aromatic N) is 2. The number of hydrogen-bond acceptors (Lipinski definition) is 4. The molecule has 1 aromatic carbocycles. The number of hydrogen-bond donors (Lipinski definition) is 1. The zero-order valence-corrected chi connectivity index (χ0v) is 13.4. The molecule has 0 spiro atoms. The third-order valence-electron chi connectivity index (χ3n) is 2.99. The molecule has 1 N–H and O–H groups in total. The Hall–Kier alpha value is -1.62. The van der Waals surface area contributed by atoms with E-state index in [1.807, 2.05) is 6.07 Å². The molecule has 0 radical (unpaired) electrons. The molecule has 21 heavy (non-hydrogen) atoms. The lowest BCUT2D eigenvalue weighted by Crippen LogP contribution is -2.31. The van der Waals surface area contributed by atoms with Crippen LogP contribution >= 0.6 is 11.6 Å². The second kappa shape index (κ2) is 6.43.